The number of ketones is 1. The van der Waals surface area contributed by atoms with Crippen molar-refractivity contribution in [2.24, 2.45) is 0 Å². The summed E-state index contributed by atoms with van der Waals surface area (Å²) in [5.74, 6) is -0.917. The second-order valence-electron chi connectivity index (χ2n) is 4.17. The third-order valence-electron chi connectivity index (χ3n) is 2.96. The average molecular weight is 250 g/mol. The van der Waals surface area contributed by atoms with Gasteiger partial charge in [-0.3, -0.25) is 4.79 Å². The number of halogens is 2. The molecule has 2 aromatic rings. The first kappa shape index (κ1) is 12.5. The first-order valence-corrected chi connectivity index (χ1v) is 5.48. The number of carbonyl (C=O) groups excluding carboxylic acids is 1. The molecule has 4 heteroatoms. The molecule has 0 atom stereocenters. The van der Waals surface area contributed by atoms with Gasteiger partial charge in [0.25, 0.3) is 0 Å². The second kappa shape index (κ2) is 4.37. The molecule has 0 saturated heterocycles. The standard InChI is InChI=1S/C14H12F2O2/c1-7-8(2)18-9(3)13(7)14(17)11-6-10(15)4-5-12(11)16/h4-6H,1-3H3. The Labute approximate surface area is 103 Å². The topological polar surface area (TPSA) is 30.2 Å². The molecule has 1 heterocycles. The Morgan fingerprint density at radius 3 is 2.33 bits per heavy atom. The zero-order chi connectivity index (χ0) is 13.4. The number of furan rings is 1. The van der Waals surface area contributed by atoms with Crippen molar-refractivity contribution in [3.8, 4) is 0 Å². The van der Waals surface area contributed by atoms with Crippen LogP contribution in [0.5, 0.6) is 0 Å². The van der Waals surface area contributed by atoms with E-state index in [1.807, 2.05) is 0 Å². The van der Waals surface area contributed by atoms with Crippen LogP contribution in [-0.4, -0.2) is 5.78 Å². The van der Waals surface area contributed by atoms with Crippen LogP contribution in [0.4, 0.5) is 8.78 Å². The monoisotopic (exact) mass is 250 g/mol. The van der Waals surface area contributed by atoms with E-state index in [2.05, 4.69) is 0 Å². The highest BCUT2D eigenvalue weighted by Crippen LogP contribution is 2.25. The van der Waals surface area contributed by atoms with Crippen LogP contribution in [0.25, 0.3) is 0 Å². The molecule has 2 nitrogen and oxygen atoms in total. The van der Waals surface area contributed by atoms with Crippen molar-refractivity contribution < 1.29 is 18.0 Å². The number of carbonyl (C=O) groups is 1. The number of rotatable bonds is 2. The zero-order valence-corrected chi connectivity index (χ0v) is 10.3. The van der Waals surface area contributed by atoms with Gasteiger partial charge in [0.2, 0.25) is 0 Å². The number of hydrogen-bond acceptors (Lipinski definition) is 2. The third-order valence-corrected chi connectivity index (χ3v) is 2.96. The third kappa shape index (κ3) is 1.94. The Kier molecular flexibility index (Phi) is 3.03. The molecule has 0 fully saturated rings. The van der Waals surface area contributed by atoms with E-state index in [0.29, 0.717) is 22.6 Å². The van der Waals surface area contributed by atoms with Crippen LogP contribution < -0.4 is 0 Å². The van der Waals surface area contributed by atoms with E-state index in [1.165, 1.54) is 0 Å². The van der Waals surface area contributed by atoms with Gasteiger partial charge in [0.15, 0.2) is 5.78 Å². The Balaban J connectivity index is 2.58. The maximum Gasteiger partial charge on any atom is 0.199 e. The predicted molar refractivity (Wildman–Crippen MR) is 62.7 cm³/mol. The van der Waals surface area contributed by atoms with Gasteiger partial charge in [0.05, 0.1) is 11.1 Å². The lowest BCUT2D eigenvalue weighted by molar-refractivity contribution is 0.103. The molecule has 0 aliphatic heterocycles. The molecule has 0 aliphatic carbocycles. The Bertz CT molecular complexity index is 627. The van der Waals surface area contributed by atoms with Crippen LogP contribution in [0.3, 0.4) is 0 Å². The van der Waals surface area contributed by atoms with E-state index in [0.717, 1.165) is 18.2 Å². The quantitative estimate of drug-likeness (QED) is 0.760. The molecule has 1 aromatic heterocycles. The first-order valence-electron chi connectivity index (χ1n) is 5.48. The molecule has 1 aromatic carbocycles. The van der Waals surface area contributed by atoms with Crippen molar-refractivity contribution in [1.29, 1.82) is 0 Å². The summed E-state index contributed by atoms with van der Waals surface area (Å²) in [6.07, 6.45) is 0. The number of benzene rings is 1. The van der Waals surface area contributed by atoms with Crippen molar-refractivity contribution in [2.75, 3.05) is 0 Å². The van der Waals surface area contributed by atoms with E-state index < -0.39 is 17.4 Å². The van der Waals surface area contributed by atoms with Crippen LogP contribution in [0.15, 0.2) is 22.6 Å². The van der Waals surface area contributed by atoms with Gasteiger partial charge in [-0.05, 0) is 39.0 Å². The molecule has 0 radical (unpaired) electrons. The summed E-state index contributed by atoms with van der Waals surface area (Å²) in [7, 11) is 0. The molecule has 0 amide bonds. The van der Waals surface area contributed by atoms with Gasteiger partial charge >= 0.3 is 0 Å². The molecule has 0 bridgehead atoms. The molecule has 0 spiro atoms. The summed E-state index contributed by atoms with van der Waals surface area (Å²) in [6.45, 7) is 5.07. The van der Waals surface area contributed by atoms with Crippen molar-refractivity contribution >= 4 is 5.78 Å². The summed E-state index contributed by atoms with van der Waals surface area (Å²) in [6, 6.07) is 2.82. The molecular formula is C14H12F2O2. The van der Waals surface area contributed by atoms with Crippen LogP contribution in [-0.2, 0) is 0 Å². The summed E-state index contributed by atoms with van der Waals surface area (Å²) >= 11 is 0. The Morgan fingerprint density at radius 2 is 1.78 bits per heavy atom. The van der Waals surface area contributed by atoms with Gasteiger partial charge < -0.3 is 4.42 Å². The van der Waals surface area contributed by atoms with Gasteiger partial charge in [0, 0.05) is 5.56 Å². The van der Waals surface area contributed by atoms with Crippen molar-refractivity contribution in [3.05, 3.63) is 58.0 Å². The largest absolute Gasteiger partial charge is 0.466 e. The smallest absolute Gasteiger partial charge is 0.199 e. The van der Waals surface area contributed by atoms with Crippen molar-refractivity contribution in [1.82, 2.24) is 0 Å². The van der Waals surface area contributed by atoms with E-state index >= 15 is 0 Å². The van der Waals surface area contributed by atoms with Gasteiger partial charge in [-0.15, -0.1) is 0 Å². The molecule has 18 heavy (non-hydrogen) atoms. The maximum absolute atomic E-state index is 13.6. The minimum atomic E-state index is -0.737. The molecule has 0 saturated carbocycles. The van der Waals surface area contributed by atoms with E-state index in [1.54, 1.807) is 20.8 Å². The zero-order valence-electron chi connectivity index (χ0n) is 10.3. The molecule has 0 unspecified atom stereocenters. The lowest BCUT2D eigenvalue weighted by atomic mass is 9.99. The van der Waals surface area contributed by atoms with Crippen molar-refractivity contribution in [2.45, 2.75) is 20.8 Å². The highest BCUT2D eigenvalue weighted by molar-refractivity contribution is 6.10. The van der Waals surface area contributed by atoms with Crippen LogP contribution in [0.1, 0.15) is 33.0 Å². The molecule has 2 rings (SSSR count). The Hall–Kier alpha value is -1.97. The lowest BCUT2D eigenvalue weighted by Gasteiger charge is -2.03. The molecule has 0 aliphatic rings. The molecule has 94 valence electrons. The fourth-order valence-corrected chi connectivity index (χ4v) is 1.93. The summed E-state index contributed by atoms with van der Waals surface area (Å²) in [4.78, 5) is 12.2. The summed E-state index contributed by atoms with van der Waals surface area (Å²) < 4.78 is 32.0. The van der Waals surface area contributed by atoms with Gasteiger partial charge in [-0.25, -0.2) is 8.78 Å². The Morgan fingerprint density at radius 1 is 1.11 bits per heavy atom. The fourth-order valence-electron chi connectivity index (χ4n) is 1.93. The van der Waals surface area contributed by atoms with Gasteiger partial charge in [-0.2, -0.15) is 0 Å². The highest BCUT2D eigenvalue weighted by Gasteiger charge is 2.22. The average Bonchev–Trinajstić information content (AvgIpc) is 2.56. The van der Waals surface area contributed by atoms with Crippen LogP contribution in [0.2, 0.25) is 0 Å². The molecule has 0 N–H and O–H groups in total. The highest BCUT2D eigenvalue weighted by atomic mass is 19.1. The summed E-state index contributed by atoms with van der Waals surface area (Å²) in [5.41, 5.74) is 0.681. The predicted octanol–water partition coefficient (Wildman–Crippen LogP) is 3.71. The second-order valence-corrected chi connectivity index (χ2v) is 4.17. The van der Waals surface area contributed by atoms with Crippen molar-refractivity contribution in [3.63, 3.8) is 0 Å². The van der Waals surface area contributed by atoms with Crippen LogP contribution in [0, 0.1) is 32.4 Å². The minimum absolute atomic E-state index is 0.276. The number of hydrogen-bond donors (Lipinski definition) is 0. The van der Waals surface area contributed by atoms with Gasteiger partial charge in [-0.1, -0.05) is 0 Å². The van der Waals surface area contributed by atoms with E-state index in [9.17, 15) is 13.6 Å². The first-order chi connectivity index (χ1) is 8.41. The summed E-state index contributed by atoms with van der Waals surface area (Å²) in [5, 5.41) is 0. The maximum atomic E-state index is 13.6. The number of aryl methyl sites for hydroxylation is 2. The minimum Gasteiger partial charge on any atom is -0.466 e. The van der Waals surface area contributed by atoms with Crippen LogP contribution >= 0.6 is 0 Å². The van der Waals surface area contributed by atoms with E-state index in [4.69, 9.17) is 4.42 Å². The molecular weight excluding hydrogens is 238 g/mol. The van der Waals surface area contributed by atoms with E-state index in [-0.39, 0.29) is 5.56 Å². The SMILES string of the molecule is Cc1oc(C)c(C(=O)c2cc(F)ccc2F)c1C. The fraction of sp³-hybridized carbons (Fsp3) is 0.214. The lowest BCUT2D eigenvalue weighted by Crippen LogP contribution is -2.07. The van der Waals surface area contributed by atoms with Gasteiger partial charge in [0.1, 0.15) is 23.2 Å². The normalized spacial score (nSPS) is 10.7.